The summed E-state index contributed by atoms with van der Waals surface area (Å²) >= 11 is 0. The van der Waals surface area contributed by atoms with Gasteiger partial charge >= 0.3 is 0 Å². The van der Waals surface area contributed by atoms with Crippen molar-refractivity contribution in [1.29, 1.82) is 0 Å². The van der Waals surface area contributed by atoms with Crippen LogP contribution >= 0.6 is 0 Å². The van der Waals surface area contributed by atoms with Crippen molar-refractivity contribution >= 4 is 5.84 Å². The Kier molecular flexibility index (Phi) is 10.6. The molecule has 114 valence electrons. The fraction of sp³-hybridized carbons (Fsp3) is 0.933. The van der Waals surface area contributed by atoms with Crippen molar-refractivity contribution < 1.29 is 5.21 Å². The van der Waals surface area contributed by atoms with Crippen LogP contribution in [0.15, 0.2) is 5.16 Å². The van der Waals surface area contributed by atoms with E-state index in [1.54, 1.807) is 0 Å². The summed E-state index contributed by atoms with van der Waals surface area (Å²) in [4.78, 5) is 2.56. The zero-order valence-electron chi connectivity index (χ0n) is 13.2. The lowest BCUT2D eigenvalue weighted by Gasteiger charge is -2.24. The normalized spacial score (nSPS) is 12.9. The molecule has 19 heavy (non-hydrogen) atoms. The van der Waals surface area contributed by atoms with Gasteiger partial charge in [-0.2, -0.15) is 0 Å². The van der Waals surface area contributed by atoms with Gasteiger partial charge in [0, 0.05) is 6.42 Å². The van der Waals surface area contributed by atoms with E-state index in [1.807, 2.05) is 0 Å². The number of hydrogen-bond acceptors (Lipinski definition) is 3. The quantitative estimate of drug-likeness (QED) is 0.199. The topological polar surface area (TPSA) is 61.8 Å². The predicted molar refractivity (Wildman–Crippen MR) is 82.6 cm³/mol. The third-order valence-electron chi connectivity index (χ3n) is 3.33. The van der Waals surface area contributed by atoms with Gasteiger partial charge < -0.3 is 15.8 Å². The van der Waals surface area contributed by atoms with Gasteiger partial charge in [-0.25, -0.2) is 0 Å². The van der Waals surface area contributed by atoms with Gasteiger partial charge in [-0.3, -0.25) is 0 Å². The Labute approximate surface area is 119 Å². The van der Waals surface area contributed by atoms with Gasteiger partial charge in [0.05, 0.1) is 0 Å². The lowest BCUT2D eigenvalue weighted by atomic mass is 10.1. The van der Waals surface area contributed by atoms with Gasteiger partial charge in [-0.05, 0) is 57.2 Å². The minimum Gasteiger partial charge on any atom is -0.409 e. The first-order valence-corrected chi connectivity index (χ1v) is 7.64. The van der Waals surface area contributed by atoms with Crippen molar-refractivity contribution in [2.24, 2.45) is 22.7 Å². The molecule has 0 saturated heterocycles. The summed E-state index contributed by atoms with van der Waals surface area (Å²) in [5.41, 5.74) is 5.47. The van der Waals surface area contributed by atoms with Gasteiger partial charge in [0.2, 0.25) is 0 Å². The number of nitrogens with two attached hydrogens (primary N) is 1. The molecule has 0 amide bonds. The van der Waals surface area contributed by atoms with E-state index in [9.17, 15) is 0 Å². The third kappa shape index (κ3) is 12.0. The maximum absolute atomic E-state index is 8.49. The number of nitrogens with zero attached hydrogens (tertiary/aromatic N) is 2. The molecule has 0 bridgehead atoms. The van der Waals surface area contributed by atoms with Crippen LogP contribution in [-0.2, 0) is 0 Å². The predicted octanol–water partition coefficient (Wildman–Crippen LogP) is 3.30. The van der Waals surface area contributed by atoms with Crippen LogP contribution in [0, 0.1) is 11.8 Å². The van der Waals surface area contributed by atoms with Crippen LogP contribution in [0.3, 0.4) is 0 Å². The van der Waals surface area contributed by atoms with Crippen LogP contribution in [-0.4, -0.2) is 35.6 Å². The Morgan fingerprint density at radius 2 is 1.53 bits per heavy atom. The van der Waals surface area contributed by atoms with Crippen molar-refractivity contribution in [2.75, 3.05) is 19.6 Å². The highest BCUT2D eigenvalue weighted by atomic mass is 16.4. The van der Waals surface area contributed by atoms with Gasteiger partial charge in [0.1, 0.15) is 5.84 Å². The van der Waals surface area contributed by atoms with Gasteiger partial charge in [0.15, 0.2) is 0 Å². The molecule has 0 saturated carbocycles. The standard InChI is InChI=1S/C15H33N3O/c1-13(2)8-11-18(12-9-14(3)4)10-6-5-7-15(16)17-19/h13-14,19H,5-12H2,1-4H3,(H2,16,17). The first kappa shape index (κ1) is 18.2. The number of rotatable bonds is 11. The van der Waals surface area contributed by atoms with E-state index < -0.39 is 0 Å². The average Bonchev–Trinajstić information content (AvgIpc) is 2.35. The molecule has 0 atom stereocenters. The van der Waals surface area contributed by atoms with E-state index in [2.05, 4.69) is 37.8 Å². The highest BCUT2D eigenvalue weighted by Crippen LogP contribution is 2.08. The van der Waals surface area contributed by atoms with Gasteiger partial charge in [-0.1, -0.05) is 32.9 Å². The van der Waals surface area contributed by atoms with E-state index in [0.717, 1.165) is 31.2 Å². The molecule has 0 aromatic carbocycles. The van der Waals surface area contributed by atoms with Crippen LogP contribution in [0.5, 0.6) is 0 Å². The molecule has 0 radical (unpaired) electrons. The number of hydrogen-bond donors (Lipinski definition) is 2. The van der Waals surface area contributed by atoms with Crippen molar-refractivity contribution in [3.8, 4) is 0 Å². The summed E-state index contributed by atoms with van der Waals surface area (Å²) in [5.74, 6) is 1.87. The maximum Gasteiger partial charge on any atom is 0.139 e. The number of oxime groups is 1. The Bertz CT molecular complexity index is 228. The molecule has 0 aliphatic heterocycles. The summed E-state index contributed by atoms with van der Waals surface area (Å²) in [6, 6.07) is 0. The van der Waals surface area contributed by atoms with Crippen LogP contribution in [0.1, 0.15) is 59.8 Å². The van der Waals surface area contributed by atoms with E-state index in [0.29, 0.717) is 12.3 Å². The summed E-state index contributed by atoms with van der Waals surface area (Å²) in [6.45, 7) is 12.6. The molecule has 0 aliphatic carbocycles. The zero-order valence-corrected chi connectivity index (χ0v) is 13.2. The molecular formula is C15H33N3O. The molecule has 0 aromatic rings. The first-order chi connectivity index (χ1) is 8.95. The second-order valence-corrected chi connectivity index (χ2v) is 6.26. The largest absolute Gasteiger partial charge is 0.409 e. The fourth-order valence-electron chi connectivity index (χ4n) is 1.91. The second-order valence-electron chi connectivity index (χ2n) is 6.26. The second kappa shape index (κ2) is 11.1. The van der Waals surface area contributed by atoms with Crippen LogP contribution < -0.4 is 5.73 Å². The highest BCUT2D eigenvalue weighted by Gasteiger charge is 2.07. The average molecular weight is 271 g/mol. The van der Waals surface area contributed by atoms with E-state index in [4.69, 9.17) is 10.9 Å². The van der Waals surface area contributed by atoms with E-state index >= 15 is 0 Å². The molecule has 4 nitrogen and oxygen atoms in total. The van der Waals surface area contributed by atoms with Crippen molar-refractivity contribution in [2.45, 2.75) is 59.8 Å². The minimum atomic E-state index is 0.343. The lowest BCUT2D eigenvalue weighted by Crippen LogP contribution is -2.29. The maximum atomic E-state index is 8.49. The molecule has 0 fully saturated rings. The molecule has 3 N–H and O–H groups in total. The van der Waals surface area contributed by atoms with E-state index in [1.165, 1.54) is 25.9 Å². The molecule has 0 aromatic heterocycles. The summed E-state index contributed by atoms with van der Waals surface area (Å²) in [6.07, 6.45) is 5.33. The zero-order chi connectivity index (χ0) is 14.7. The molecular weight excluding hydrogens is 238 g/mol. The fourth-order valence-corrected chi connectivity index (χ4v) is 1.91. The van der Waals surface area contributed by atoms with Crippen molar-refractivity contribution in [1.82, 2.24) is 4.90 Å². The summed E-state index contributed by atoms with van der Waals surface area (Å²) in [7, 11) is 0. The Morgan fingerprint density at radius 3 is 1.95 bits per heavy atom. The Balaban J connectivity index is 3.89. The molecule has 0 spiro atoms. The number of amidine groups is 1. The lowest BCUT2D eigenvalue weighted by molar-refractivity contribution is 0.239. The van der Waals surface area contributed by atoms with Crippen LogP contribution in [0.4, 0.5) is 0 Å². The Hall–Kier alpha value is -0.770. The van der Waals surface area contributed by atoms with Crippen molar-refractivity contribution in [3.63, 3.8) is 0 Å². The third-order valence-corrected chi connectivity index (χ3v) is 3.33. The molecule has 0 unspecified atom stereocenters. The molecule has 0 heterocycles. The highest BCUT2D eigenvalue weighted by molar-refractivity contribution is 5.79. The van der Waals surface area contributed by atoms with E-state index in [-0.39, 0.29) is 0 Å². The van der Waals surface area contributed by atoms with Gasteiger partial charge in [-0.15, -0.1) is 0 Å². The first-order valence-electron chi connectivity index (χ1n) is 7.64. The Morgan fingerprint density at radius 1 is 1.00 bits per heavy atom. The minimum absolute atomic E-state index is 0.343. The smallest absolute Gasteiger partial charge is 0.139 e. The molecule has 0 rings (SSSR count). The number of unbranched alkanes of at least 4 members (excludes halogenated alkanes) is 1. The van der Waals surface area contributed by atoms with Crippen molar-refractivity contribution in [3.05, 3.63) is 0 Å². The van der Waals surface area contributed by atoms with Crippen LogP contribution in [0.25, 0.3) is 0 Å². The van der Waals surface area contributed by atoms with Crippen LogP contribution in [0.2, 0.25) is 0 Å². The molecule has 4 heteroatoms. The summed E-state index contributed by atoms with van der Waals surface area (Å²) in [5, 5.41) is 11.5. The van der Waals surface area contributed by atoms with Gasteiger partial charge in [0.25, 0.3) is 0 Å². The molecule has 0 aliphatic rings. The monoisotopic (exact) mass is 271 g/mol. The summed E-state index contributed by atoms with van der Waals surface area (Å²) < 4.78 is 0. The SMILES string of the molecule is CC(C)CCN(CCCCC(N)=NO)CCC(C)C.